The van der Waals surface area contributed by atoms with Crippen LogP contribution in [0.3, 0.4) is 0 Å². The maximum Gasteiger partial charge on any atom is 0.222 e. The quantitative estimate of drug-likeness (QED) is 0.886. The second-order valence-corrected chi connectivity index (χ2v) is 7.74. The first-order valence-corrected chi connectivity index (χ1v) is 9.70. The van der Waals surface area contributed by atoms with E-state index in [0.29, 0.717) is 18.2 Å². The third kappa shape index (κ3) is 4.25. The number of fused-ring (bicyclic) bond motifs is 1. The Kier molecular flexibility index (Phi) is 6.15. The van der Waals surface area contributed by atoms with E-state index in [1.54, 1.807) is 11.3 Å². The lowest BCUT2D eigenvalue weighted by molar-refractivity contribution is -0.131. The number of rotatable bonds is 4. The van der Waals surface area contributed by atoms with Crippen molar-refractivity contribution in [2.24, 2.45) is 5.92 Å². The molecule has 1 aromatic carbocycles. The number of carbonyl (C=O) groups is 1. The van der Waals surface area contributed by atoms with Crippen LogP contribution in [0.1, 0.15) is 19.3 Å². The molecule has 4 rings (SSSR count). The summed E-state index contributed by atoms with van der Waals surface area (Å²) in [4.78, 5) is 21.5. The van der Waals surface area contributed by atoms with Gasteiger partial charge in [-0.3, -0.25) is 4.79 Å². The SMILES string of the molecule is Cl.O=C(CCC1CCNC1)N1CCN(c2nc3ccccc3s2)CC1. The highest BCUT2D eigenvalue weighted by Gasteiger charge is 2.24. The van der Waals surface area contributed by atoms with Crippen LogP contribution in [0.4, 0.5) is 5.13 Å². The monoisotopic (exact) mass is 380 g/mol. The lowest BCUT2D eigenvalue weighted by atomic mass is 10.0. The molecular weight excluding hydrogens is 356 g/mol. The molecule has 7 heteroatoms. The summed E-state index contributed by atoms with van der Waals surface area (Å²) in [5.74, 6) is 1.02. The summed E-state index contributed by atoms with van der Waals surface area (Å²) in [6.07, 6.45) is 2.95. The molecule has 1 unspecified atom stereocenters. The van der Waals surface area contributed by atoms with Gasteiger partial charge in [0.05, 0.1) is 10.2 Å². The number of para-hydroxylation sites is 1. The Morgan fingerprint density at radius 3 is 2.76 bits per heavy atom. The molecule has 0 aliphatic carbocycles. The van der Waals surface area contributed by atoms with Crippen molar-refractivity contribution in [3.63, 3.8) is 0 Å². The molecule has 2 aliphatic rings. The molecule has 0 spiro atoms. The van der Waals surface area contributed by atoms with Crippen molar-refractivity contribution in [1.29, 1.82) is 0 Å². The summed E-state index contributed by atoms with van der Waals surface area (Å²) in [5, 5.41) is 4.46. The van der Waals surface area contributed by atoms with Crippen molar-refractivity contribution in [3.8, 4) is 0 Å². The van der Waals surface area contributed by atoms with Crippen molar-refractivity contribution >= 4 is 45.0 Å². The van der Waals surface area contributed by atoms with Crippen LogP contribution < -0.4 is 10.2 Å². The van der Waals surface area contributed by atoms with Gasteiger partial charge in [-0.2, -0.15) is 0 Å². The molecule has 2 fully saturated rings. The van der Waals surface area contributed by atoms with Gasteiger partial charge < -0.3 is 15.1 Å². The minimum atomic E-state index is 0. The molecule has 2 aromatic rings. The Bertz CT molecular complexity index is 675. The van der Waals surface area contributed by atoms with E-state index in [4.69, 9.17) is 4.98 Å². The maximum absolute atomic E-state index is 12.4. The second-order valence-electron chi connectivity index (χ2n) is 6.73. The molecule has 0 bridgehead atoms. The molecule has 5 nitrogen and oxygen atoms in total. The molecule has 2 saturated heterocycles. The van der Waals surface area contributed by atoms with Crippen LogP contribution in [0.15, 0.2) is 24.3 Å². The van der Waals surface area contributed by atoms with E-state index >= 15 is 0 Å². The number of nitrogens with zero attached hydrogens (tertiary/aromatic N) is 3. The van der Waals surface area contributed by atoms with Gasteiger partial charge in [-0.15, -0.1) is 12.4 Å². The molecule has 25 heavy (non-hydrogen) atoms. The second kappa shape index (κ2) is 8.34. The number of amides is 1. The zero-order valence-electron chi connectivity index (χ0n) is 14.3. The first kappa shape index (κ1) is 18.4. The summed E-state index contributed by atoms with van der Waals surface area (Å²) in [6.45, 7) is 5.60. The molecule has 1 atom stereocenters. The molecule has 1 N–H and O–H groups in total. The van der Waals surface area contributed by atoms with E-state index < -0.39 is 0 Å². The highest BCUT2D eigenvalue weighted by Crippen LogP contribution is 2.29. The smallest absolute Gasteiger partial charge is 0.222 e. The van der Waals surface area contributed by atoms with E-state index in [0.717, 1.165) is 56.3 Å². The third-order valence-corrected chi connectivity index (χ3v) is 6.21. The van der Waals surface area contributed by atoms with E-state index in [-0.39, 0.29) is 12.4 Å². The summed E-state index contributed by atoms with van der Waals surface area (Å²) in [5.41, 5.74) is 1.07. The summed E-state index contributed by atoms with van der Waals surface area (Å²) in [7, 11) is 0. The Balaban J connectivity index is 0.00000182. The van der Waals surface area contributed by atoms with Crippen LogP contribution in [0.5, 0.6) is 0 Å². The molecule has 1 amide bonds. The highest BCUT2D eigenvalue weighted by atomic mass is 35.5. The fourth-order valence-corrected chi connectivity index (χ4v) is 4.61. The van der Waals surface area contributed by atoms with Gasteiger partial charge in [0.25, 0.3) is 0 Å². The minimum absolute atomic E-state index is 0. The summed E-state index contributed by atoms with van der Waals surface area (Å²) >= 11 is 1.74. The Hall–Kier alpha value is -1.37. The zero-order valence-corrected chi connectivity index (χ0v) is 16.0. The van der Waals surface area contributed by atoms with Gasteiger partial charge in [0.2, 0.25) is 5.91 Å². The number of aromatic nitrogens is 1. The Morgan fingerprint density at radius 1 is 1.24 bits per heavy atom. The van der Waals surface area contributed by atoms with E-state index in [1.807, 2.05) is 11.0 Å². The number of hydrogen-bond donors (Lipinski definition) is 1. The number of thiazole rings is 1. The average Bonchev–Trinajstić information content (AvgIpc) is 3.29. The van der Waals surface area contributed by atoms with E-state index in [1.165, 1.54) is 11.1 Å². The lowest BCUT2D eigenvalue weighted by Gasteiger charge is -2.34. The Labute approximate surface area is 158 Å². The third-order valence-electron chi connectivity index (χ3n) is 5.11. The van der Waals surface area contributed by atoms with Crippen LogP contribution in [-0.4, -0.2) is 55.1 Å². The van der Waals surface area contributed by atoms with Gasteiger partial charge >= 0.3 is 0 Å². The topological polar surface area (TPSA) is 48.5 Å². The van der Waals surface area contributed by atoms with Crippen LogP contribution in [0, 0.1) is 5.92 Å². The number of benzene rings is 1. The van der Waals surface area contributed by atoms with Gasteiger partial charge in [0.15, 0.2) is 5.13 Å². The van der Waals surface area contributed by atoms with Crippen LogP contribution in [-0.2, 0) is 4.79 Å². The Morgan fingerprint density at radius 2 is 2.04 bits per heavy atom. The van der Waals surface area contributed by atoms with Crippen LogP contribution in [0.25, 0.3) is 10.2 Å². The molecule has 0 radical (unpaired) electrons. The number of anilines is 1. The zero-order chi connectivity index (χ0) is 16.4. The van der Waals surface area contributed by atoms with Crippen LogP contribution in [0.2, 0.25) is 0 Å². The van der Waals surface area contributed by atoms with E-state index in [9.17, 15) is 4.79 Å². The lowest BCUT2D eigenvalue weighted by Crippen LogP contribution is -2.48. The molecule has 1 aromatic heterocycles. The predicted molar refractivity (Wildman–Crippen MR) is 106 cm³/mol. The highest BCUT2D eigenvalue weighted by molar-refractivity contribution is 7.22. The average molecular weight is 381 g/mol. The van der Waals surface area contributed by atoms with Gasteiger partial charge in [0.1, 0.15) is 0 Å². The molecule has 2 aliphatic heterocycles. The van der Waals surface area contributed by atoms with Crippen molar-refractivity contribution in [1.82, 2.24) is 15.2 Å². The van der Waals surface area contributed by atoms with Gasteiger partial charge in [0, 0.05) is 32.6 Å². The van der Waals surface area contributed by atoms with Gasteiger partial charge in [-0.1, -0.05) is 23.5 Å². The predicted octanol–water partition coefficient (Wildman–Crippen LogP) is 2.76. The fourth-order valence-electron chi connectivity index (χ4n) is 3.59. The first-order chi connectivity index (χ1) is 11.8. The normalized spacial score (nSPS) is 20.7. The van der Waals surface area contributed by atoms with E-state index in [2.05, 4.69) is 28.4 Å². The maximum atomic E-state index is 12.4. The summed E-state index contributed by atoms with van der Waals surface area (Å²) < 4.78 is 1.23. The number of piperazine rings is 1. The fraction of sp³-hybridized carbons (Fsp3) is 0.556. The number of nitrogens with one attached hydrogen (secondary N) is 1. The molecule has 0 saturated carbocycles. The minimum Gasteiger partial charge on any atom is -0.345 e. The first-order valence-electron chi connectivity index (χ1n) is 8.88. The standard InChI is InChI=1S/C18H24N4OS.ClH/c23-17(6-5-14-7-8-19-13-14)21-9-11-22(12-10-21)18-20-15-3-1-2-4-16(15)24-18;/h1-4,14,19H,5-13H2;1H. The molecular formula is C18H25ClN4OS. The number of halogens is 1. The number of hydrogen-bond acceptors (Lipinski definition) is 5. The van der Waals surface area contributed by atoms with Crippen LogP contribution >= 0.6 is 23.7 Å². The van der Waals surface area contributed by atoms with Crippen molar-refractivity contribution in [2.45, 2.75) is 19.3 Å². The largest absolute Gasteiger partial charge is 0.345 e. The van der Waals surface area contributed by atoms with Crippen molar-refractivity contribution < 1.29 is 4.79 Å². The molecule has 3 heterocycles. The van der Waals surface area contributed by atoms with Crippen molar-refractivity contribution in [3.05, 3.63) is 24.3 Å². The summed E-state index contributed by atoms with van der Waals surface area (Å²) in [6, 6.07) is 8.27. The van der Waals surface area contributed by atoms with Gasteiger partial charge in [-0.25, -0.2) is 4.98 Å². The molecule has 136 valence electrons. The number of carbonyl (C=O) groups excluding carboxylic acids is 1. The van der Waals surface area contributed by atoms with Crippen molar-refractivity contribution in [2.75, 3.05) is 44.2 Å². The van der Waals surface area contributed by atoms with Gasteiger partial charge in [-0.05, 0) is 44.0 Å².